The van der Waals surface area contributed by atoms with Gasteiger partial charge in [0.1, 0.15) is 5.76 Å². The average Bonchev–Trinajstić information content (AvgIpc) is 2.67. The summed E-state index contributed by atoms with van der Waals surface area (Å²) in [5.41, 5.74) is 5.30. The van der Waals surface area contributed by atoms with E-state index in [1.807, 2.05) is 13.0 Å². The Morgan fingerprint density at radius 3 is 3.07 bits per heavy atom. The molecule has 4 heteroatoms. The van der Waals surface area contributed by atoms with Gasteiger partial charge in [0, 0.05) is 6.42 Å². The average molecular weight is 196 g/mol. The van der Waals surface area contributed by atoms with Crippen molar-refractivity contribution in [2.45, 2.75) is 25.8 Å². The Balaban J connectivity index is 2.33. The molecule has 0 bridgehead atoms. The highest BCUT2D eigenvalue weighted by Gasteiger charge is 2.10. The fraction of sp³-hybridized carbons (Fsp3) is 0.500. The molecule has 1 atom stereocenters. The third kappa shape index (κ3) is 3.22. The van der Waals surface area contributed by atoms with Crippen molar-refractivity contribution in [3.63, 3.8) is 0 Å². The second kappa shape index (κ2) is 5.44. The van der Waals surface area contributed by atoms with Gasteiger partial charge in [0.05, 0.1) is 12.3 Å². The van der Waals surface area contributed by atoms with Crippen LogP contribution in [0, 0.1) is 0 Å². The van der Waals surface area contributed by atoms with Gasteiger partial charge < -0.3 is 15.5 Å². The Hall–Kier alpha value is -1.29. The van der Waals surface area contributed by atoms with Crippen LogP contribution in [0.15, 0.2) is 22.8 Å². The van der Waals surface area contributed by atoms with E-state index in [4.69, 9.17) is 10.2 Å². The molecule has 0 fully saturated rings. The highest BCUT2D eigenvalue weighted by atomic mass is 16.3. The van der Waals surface area contributed by atoms with Crippen LogP contribution in [0.25, 0.3) is 0 Å². The van der Waals surface area contributed by atoms with E-state index in [-0.39, 0.29) is 11.9 Å². The van der Waals surface area contributed by atoms with Crippen molar-refractivity contribution in [3.05, 3.63) is 24.2 Å². The number of carbonyl (C=O) groups excluding carboxylic acids is 1. The molecule has 0 saturated heterocycles. The normalized spacial score (nSPS) is 12.4. The fourth-order valence-electron chi connectivity index (χ4n) is 1.19. The van der Waals surface area contributed by atoms with Crippen LogP contribution in [0.4, 0.5) is 0 Å². The molecule has 78 valence electrons. The minimum absolute atomic E-state index is 0.0133. The van der Waals surface area contributed by atoms with E-state index >= 15 is 0 Å². The molecule has 0 spiro atoms. The van der Waals surface area contributed by atoms with Crippen LogP contribution in [-0.2, 0) is 4.79 Å². The third-order valence-electron chi connectivity index (χ3n) is 1.96. The van der Waals surface area contributed by atoms with Crippen LogP contribution in [0.5, 0.6) is 0 Å². The second-order valence-corrected chi connectivity index (χ2v) is 3.20. The molecule has 1 amide bonds. The molecule has 1 heterocycles. The molecule has 1 rings (SSSR count). The SMILES string of the molecule is CC(NC(=O)CCCN)c1ccco1. The predicted octanol–water partition coefficient (Wildman–Crippen LogP) is 1.20. The first-order valence-corrected chi connectivity index (χ1v) is 4.77. The smallest absolute Gasteiger partial charge is 0.220 e. The molecule has 0 aliphatic rings. The number of nitrogens with one attached hydrogen (secondary N) is 1. The van der Waals surface area contributed by atoms with Gasteiger partial charge in [-0.05, 0) is 32.0 Å². The largest absolute Gasteiger partial charge is 0.467 e. The molecule has 3 N–H and O–H groups in total. The maximum atomic E-state index is 11.3. The van der Waals surface area contributed by atoms with Gasteiger partial charge in [-0.25, -0.2) is 0 Å². The van der Waals surface area contributed by atoms with E-state index in [1.165, 1.54) is 0 Å². The number of carbonyl (C=O) groups is 1. The molecular weight excluding hydrogens is 180 g/mol. The summed E-state index contributed by atoms with van der Waals surface area (Å²) in [6, 6.07) is 3.57. The molecule has 0 aromatic carbocycles. The van der Waals surface area contributed by atoms with Crippen LogP contribution < -0.4 is 11.1 Å². The van der Waals surface area contributed by atoms with E-state index in [9.17, 15) is 4.79 Å². The standard InChI is InChI=1S/C10H16N2O2/c1-8(9-4-3-7-14-9)12-10(13)5-2-6-11/h3-4,7-8H,2,5-6,11H2,1H3,(H,12,13). The lowest BCUT2D eigenvalue weighted by Gasteiger charge is -2.10. The molecular formula is C10H16N2O2. The molecule has 0 aliphatic heterocycles. The summed E-state index contributed by atoms with van der Waals surface area (Å²) in [6.07, 6.45) is 2.79. The maximum Gasteiger partial charge on any atom is 0.220 e. The zero-order valence-electron chi connectivity index (χ0n) is 8.32. The van der Waals surface area contributed by atoms with E-state index < -0.39 is 0 Å². The van der Waals surface area contributed by atoms with Gasteiger partial charge >= 0.3 is 0 Å². The summed E-state index contributed by atoms with van der Waals surface area (Å²) in [7, 11) is 0. The van der Waals surface area contributed by atoms with Gasteiger partial charge in [-0.3, -0.25) is 4.79 Å². The van der Waals surface area contributed by atoms with Crippen LogP contribution in [0.3, 0.4) is 0 Å². The highest BCUT2D eigenvalue weighted by molar-refractivity contribution is 5.76. The molecule has 0 aliphatic carbocycles. The fourth-order valence-corrected chi connectivity index (χ4v) is 1.19. The lowest BCUT2D eigenvalue weighted by Crippen LogP contribution is -2.26. The quantitative estimate of drug-likeness (QED) is 0.743. The molecule has 14 heavy (non-hydrogen) atoms. The number of nitrogens with two attached hydrogens (primary N) is 1. The van der Waals surface area contributed by atoms with Crippen molar-refractivity contribution in [2.75, 3.05) is 6.54 Å². The van der Waals surface area contributed by atoms with Crippen LogP contribution in [0.2, 0.25) is 0 Å². The van der Waals surface area contributed by atoms with Gasteiger partial charge in [0.15, 0.2) is 0 Å². The van der Waals surface area contributed by atoms with Gasteiger partial charge in [-0.15, -0.1) is 0 Å². The van der Waals surface area contributed by atoms with Crippen molar-refractivity contribution in [1.82, 2.24) is 5.32 Å². The van der Waals surface area contributed by atoms with Crippen molar-refractivity contribution in [2.24, 2.45) is 5.73 Å². The minimum Gasteiger partial charge on any atom is -0.467 e. The van der Waals surface area contributed by atoms with E-state index in [0.29, 0.717) is 13.0 Å². The Labute approximate surface area is 83.5 Å². The molecule has 0 radical (unpaired) electrons. The summed E-state index contributed by atoms with van der Waals surface area (Å²) in [6.45, 7) is 2.43. The summed E-state index contributed by atoms with van der Waals surface area (Å²) in [5, 5.41) is 2.83. The molecule has 0 saturated carbocycles. The summed E-state index contributed by atoms with van der Waals surface area (Å²) < 4.78 is 5.16. The second-order valence-electron chi connectivity index (χ2n) is 3.20. The third-order valence-corrected chi connectivity index (χ3v) is 1.96. The highest BCUT2D eigenvalue weighted by Crippen LogP contribution is 2.12. The van der Waals surface area contributed by atoms with E-state index in [2.05, 4.69) is 5.32 Å². The number of hydrogen-bond acceptors (Lipinski definition) is 3. The van der Waals surface area contributed by atoms with Gasteiger partial charge in [0.2, 0.25) is 5.91 Å². The van der Waals surface area contributed by atoms with E-state index in [1.54, 1.807) is 12.3 Å². The van der Waals surface area contributed by atoms with Crippen molar-refractivity contribution in [3.8, 4) is 0 Å². The number of amides is 1. The van der Waals surface area contributed by atoms with Crippen LogP contribution in [0.1, 0.15) is 31.6 Å². The maximum absolute atomic E-state index is 11.3. The Morgan fingerprint density at radius 1 is 1.71 bits per heavy atom. The summed E-state index contributed by atoms with van der Waals surface area (Å²) in [4.78, 5) is 11.3. The van der Waals surface area contributed by atoms with Gasteiger partial charge in [-0.1, -0.05) is 0 Å². The first-order valence-electron chi connectivity index (χ1n) is 4.77. The Kier molecular flexibility index (Phi) is 4.19. The van der Waals surface area contributed by atoms with Gasteiger partial charge in [0.25, 0.3) is 0 Å². The lowest BCUT2D eigenvalue weighted by molar-refractivity contribution is -0.121. The first kappa shape index (κ1) is 10.8. The summed E-state index contributed by atoms with van der Waals surface area (Å²) >= 11 is 0. The number of rotatable bonds is 5. The van der Waals surface area contributed by atoms with E-state index in [0.717, 1.165) is 12.2 Å². The molecule has 1 aromatic rings. The zero-order valence-corrected chi connectivity index (χ0v) is 8.32. The molecule has 1 aromatic heterocycles. The first-order chi connectivity index (χ1) is 6.74. The Bertz CT molecular complexity index is 270. The predicted molar refractivity (Wildman–Crippen MR) is 53.6 cm³/mol. The van der Waals surface area contributed by atoms with Crippen LogP contribution >= 0.6 is 0 Å². The van der Waals surface area contributed by atoms with Crippen molar-refractivity contribution in [1.29, 1.82) is 0 Å². The van der Waals surface area contributed by atoms with Crippen LogP contribution in [-0.4, -0.2) is 12.5 Å². The topological polar surface area (TPSA) is 68.3 Å². The monoisotopic (exact) mass is 196 g/mol. The summed E-state index contributed by atoms with van der Waals surface area (Å²) in [5.74, 6) is 0.783. The Morgan fingerprint density at radius 2 is 2.50 bits per heavy atom. The van der Waals surface area contributed by atoms with Crippen molar-refractivity contribution >= 4 is 5.91 Å². The molecule has 1 unspecified atom stereocenters. The van der Waals surface area contributed by atoms with Crippen molar-refractivity contribution < 1.29 is 9.21 Å². The lowest BCUT2D eigenvalue weighted by atomic mass is 10.2. The number of hydrogen-bond donors (Lipinski definition) is 2. The zero-order chi connectivity index (χ0) is 10.4. The van der Waals surface area contributed by atoms with Gasteiger partial charge in [-0.2, -0.15) is 0 Å². The molecule has 4 nitrogen and oxygen atoms in total. The number of furan rings is 1. The minimum atomic E-state index is -0.0738.